The van der Waals surface area contributed by atoms with Crippen molar-refractivity contribution in [3.05, 3.63) is 70.3 Å². The van der Waals surface area contributed by atoms with Crippen molar-refractivity contribution in [2.45, 2.75) is 31.6 Å². The van der Waals surface area contributed by atoms with Gasteiger partial charge in [-0.05, 0) is 38.1 Å². The van der Waals surface area contributed by atoms with Crippen LogP contribution in [0.1, 0.15) is 41.4 Å². The second-order valence-electron chi connectivity index (χ2n) is 8.04. The van der Waals surface area contributed by atoms with Crippen LogP contribution < -0.4 is 20.8 Å². The number of fused-ring (bicyclic) bond motifs is 1. The molecule has 3 rings (SSSR count). The zero-order valence-electron chi connectivity index (χ0n) is 19.6. The van der Waals surface area contributed by atoms with Crippen molar-refractivity contribution in [2.24, 2.45) is 12.8 Å². The number of rotatable bonds is 11. The lowest BCUT2D eigenvalue weighted by Gasteiger charge is -2.21. The highest BCUT2D eigenvalue weighted by molar-refractivity contribution is 7.99. The average Bonchev–Trinajstić information content (AvgIpc) is 2.81. The van der Waals surface area contributed by atoms with Gasteiger partial charge < -0.3 is 20.2 Å². The number of pyridine rings is 1. The number of carboxylic acids is 1. The van der Waals surface area contributed by atoms with Gasteiger partial charge in [0.05, 0.1) is 0 Å². The van der Waals surface area contributed by atoms with Crippen LogP contribution in [-0.2, 0) is 11.8 Å². The third-order valence-electron chi connectivity index (χ3n) is 5.65. The molecule has 34 heavy (non-hydrogen) atoms. The zero-order chi connectivity index (χ0) is 24.8. The number of ketones is 1. The second-order valence-corrected chi connectivity index (χ2v) is 9.27. The maximum atomic E-state index is 13.2. The summed E-state index contributed by atoms with van der Waals surface area (Å²) in [5, 5.41) is 9.42. The largest absolute Gasteiger partial charge is 0.480 e. The van der Waals surface area contributed by atoms with E-state index in [2.05, 4.69) is 18.7 Å². The van der Waals surface area contributed by atoms with Crippen LogP contribution in [0.15, 0.2) is 58.0 Å². The summed E-state index contributed by atoms with van der Waals surface area (Å²) in [7, 11) is 1.86. The number of aromatic nitrogens is 1. The van der Waals surface area contributed by atoms with Crippen molar-refractivity contribution >= 4 is 40.2 Å². The van der Waals surface area contributed by atoms with Crippen LogP contribution in [0.3, 0.4) is 0 Å². The van der Waals surface area contributed by atoms with Crippen molar-refractivity contribution in [3.63, 3.8) is 0 Å². The number of hydrogen-bond acceptors (Lipinski definition) is 7. The molecule has 3 aromatic rings. The number of anilines is 1. The molecular weight excluding hydrogens is 454 g/mol. The number of nitrogens with two attached hydrogens (primary N) is 1. The van der Waals surface area contributed by atoms with Crippen molar-refractivity contribution in [1.29, 1.82) is 0 Å². The number of carbonyl (C=O) groups excluding carboxylic acids is 1. The Balaban J connectivity index is 1.89. The van der Waals surface area contributed by atoms with Crippen LogP contribution in [0.2, 0.25) is 0 Å². The van der Waals surface area contributed by atoms with E-state index in [-0.39, 0.29) is 28.8 Å². The van der Waals surface area contributed by atoms with Crippen molar-refractivity contribution < 1.29 is 23.7 Å². The van der Waals surface area contributed by atoms with Crippen LogP contribution in [-0.4, -0.2) is 41.7 Å². The van der Waals surface area contributed by atoms with Gasteiger partial charge in [-0.1, -0.05) is 0 Å². The first-order chi connectivity index (χ1) is 16.2. The molecule has 0 amide bonds. The molecule has 2 unspecified atom stereocenters. The molecule has 1 aromatic carbocycles. The van der Waals surface area contributed by atoms with Gasteiger partial charge in [-0.25, -0.2) is 9.36 Å². The van der Waals surface area contributed by atoms with E-state index in [0.717, 1.165) is 24.3 Å². The first-order valence-electron chi connectivity index (χ1n) is 11.1. The number of carboxylic acid groups (broad SMARTS) is 1. The summed E-state index contributed by atoms with van der Waals surface area (Å²) in [6.07, 6.45) is 3.74. The fraction of sp³-hybridized carbons (Fsp3) is 0.360. The lowest BCUT2D eigenvalue weighted by Crippen LogP contribution is -2.33. The Morgan fingerprint density at radius 1 is 1.21 bits per heavy atom. The number of thioether (sulfide) groups is 1. The van der Waals surface area contributed by atoms with Gasteiger partial charge in [0.25, 0.3) is 0 Å². The molecule has 0 radical (unpaired) electrons. The Morgan fingerprint density at radius 2 is 1.94 bits per heavy atom. The second kappa shape index (κ2) is 11.3. The van der Waals surface area contributed by atoms with Gasteiger partial charge in [-0.3, -0.25) is 9.59 Å². The van der Waals surface area contributed by atoms with Crippen LogP contribution in [0.4, 0.5) is 5.69 Å². The van der Waals surface area contributed by atoms with E-state index in [1.165, 1.54) is 11.8 Å². The predicted molar refractivity (Wildman–Crippen MR) is 133 cm³/mol. The number of aliphatic carboxylic acids is 1. The summed E-state index contributed by atoms with van der Waals surface area (Å²) in [6, 6.07) is 9.85. The zero-order valence-corrected chi connectivity index (χ0v) is 20.4. The molecule has 0 saturated heterocycles. The first kappa shape index (κ1) is 25.5. The highest BCUT2D eigenvalue weighted by Gasteiger charge is 2.24. The summed E-state index contributed by atoms with van der Waals surface area (Å²) in [5.74, 6) is -1.33. The van der Waals surface area contributed by atoms with Gasteiger partial charge in [-0.15, -0.1) is 0 Å². The molecule has 0 fully saturated rings. The van der Waals surface area contributed by atoms with Gasteiger partial charge in [0, 0.05) is 59.3 Å². The molecule has 0 bridgehead atoms. The van der Waals surface area contributed by atoms with E-state index in [1.54, 1.807) is 6.07 Å². The van der Waals surface area contributed by atoms with Crippen molar-refractivity contribution in [3.8, 4) is 0 Å². The lowest BCUT2D eigenvalue weighted by molar-refractivity contribution is -0.671. The molecule has 180 valence electrons. The number of Topliss-reactive ketones (excluding diaryl/α,β-unsaturated/α-hetero) is 1. The monoisotopic (exact) mass is 484 g/mol. The van der Waals surface area contributed by atoms with Crippen LogP contribution in [0.5, 0.6) is 0 Å². The minimum absolute atomic E-state index is 0.00875. The van der Waals surface area contributed by atoms with Crippen LogP contribution >= 0.6 is 11.8 Å². The van der Waals surface area contributed by atoms with Crippen molar-refractivity contribution in [2.75, 3.05) is 23.7 Å². The van der Waals surface area contributed by atoms with Gasteiger partial charge >= 0.3 is 11.6 Å². The van der Waals surface area contributed by atoms with Gasteiger partial charge in [0.2, 0.25) is 0 Å². The predicted octanol–water partition coefficient (Wildman–Crippen LogP) is 2.92. The maximum Gasteiger partial charge on any atom is 0.347 e. The number of benzene rings is 1. The Morgan fingerprint density at radius 3 is 2.59 bits per heavy atom. The van der Waals surface area contributed by atoms with Crippen LogP contribution in [0, 0.1) is 0 Å². The van der Waals surface area contributed by atoms with Gasteiger partial charge in [0.15, 0.2) is 18.2 Å². The quantitative estimate of drug-likeness (QED) is 0.242. The summed E-state index contributed by atoms with van der Waals surface area (Å²) in [4.78, 5) is 39.2. The molecular formula is C25H30N3O5S+. The third kappa shape index (κ3) is 6.03. The van der Waals surface area contributed by atoms with E-state index < -0.39 is 17.6 Å². The topological polar surface area (TPSA) is 118 Å². The SMILES string of the molecule is CCN(CC)c1ccc2cc(C(=O)CC(SCC(N)C(=O)O)c3ccc[n+](C)c3)c(=O)oc2c1. The fourth-order valence-corrected chi connectivity index (χ4v) is 4.91. The highest BCUT2D eigenvalue weighted by atomic mass is 32.2. The van der Waals surface area contributed by atoms with E-state index in [9.17, 15) is 14.4 Å². The molecule has 0 aliphatic carbocycles. The molecule has 2 atom stereocenters. The summed E-state index contributed by atoms with van der Waals surface area (Å²) in [5.41, 5.74) is 7.20. The number of nitrogens with zero attached hydrogens (tertiary/aromatic N) is 2. The summed E-state index contributed by atoms with van der Waals surface area (Å²) in [6.45, 7) is 5.75. The lowest BCUT2D eigenvalue weighted by atomic mass is 10.0. The van der Waals surface area contributed by atoms with E-state index in [0.29, 0.717) is 11.0 Å². The maximum absolute atomic E-state index is 13.2. The molecule has 3 N–H and O–H groups in total. The molecule has 0 aliphatic rings. The fourth-order valence-electron chi connectivity index (χ4n) is 3.72. The normalized spacial score (nSPS) is 12.9. The molecule has 8 nitrogen and oxygen atoms in total. The number of carbonyl (C=O) groups is 2. The number of aryl methyl sites for hydroxylation is 1. The Bertz CT molecular complexity index is 1240. The minimum atomic E-state index is -1.10. The number of hydrogen-bond donors (Lipinski definition) is 2. The smallest absolute Gasteiger partial charge is 0.347 e. The molecule has 0 aliphatic heterocycles. The van der Waals surface area contributed by atoms with E-state index in [1.807, 2.05) is 54.3 Å². The molecule has 0 saturated carbocycles. The Labute approximate surface area is 202 Å². The molecule has 2 aromatic heterocycles. The van der Waals surface area contributed by atoms with E-state index in [4.69, 9.17) is 15.3 Å². The average molecular weight is 485 g/mol. The standard InChI is InChI=1S/C25H29N3O5S/c1-4-28(5-2)18-9-8-16-11-19(25(32)33-22(16)12-18)21(29)13-23(34-15-20(26)24(30)31)17-7-6-10-27(3)14-17/h6-12,14,20,23H,4-5,13,15,26H2,1-3H3/p+1. The minimum Gasteiger partial charge on any atom is -0.480 e. The van der Waals surface area contributed by atoms with Gasteiger partial charge in [0.1, 0.15) is 24.2 Å². The molecule has 9 heteroatoms. The molecule has 0 spiro atoms. The van der Waals surface area contributed by atoms with E-state index >= 15 is 0 Å². The summed E-state index contributed by atoms with van der Waals surface area (Å²) < 4.78 is 7.37. The Hall–Kier alpha value is -3.17. The molecule has 2 heterocycles. The third-order valence-corrected chi connectivity index (χ3v) is 7.04. The summed E-state index contributed by atoms with van der Waals surface area (Å²) >= 11 is 1.28. The van der Waals surface area contributed by atoms with Gasteiger partial charge in [-0.2, -0.15) is 11.8 Å². The van der Waals surface area contributed by atoms with Crippen LogP contribution in [0.25, 0.3) is 11.0 Å². The first-order valence-corrected chi connectivity index (χ1v) is 12.2. The Kier molecular flexibility index (Phi) is 8.46. The highest BCUT2D eigenvalue weighted by Crippen LogP contribution is 2.33. The van der Waals surface area contributed by atoms with Crippen molar-refractivity contribution in [1.82, 2.24) is 0 Å².